The van der Waals surface area contributed by atoms with Gasteiger partial charge in [-0.05, 0) is 32.9 Å². The number of benzene rings is 1. The van der Waals surface area contributed by atoms with E-state index < -0.39 is 5.54 Å². The number of amides is 1. The summed E-state index contributed by atoms with van der Waals surface area (Å²) in [7, 11) is 1.58. The zero-order chi connectivity index (χ0) is 13.1. The van der Waals surface area contributed by atoms with Crippen LogP contribution in [0, 0.1) is 6.92 Å². The van der Waals surface area contributed by atoms with E-state index in [2.05, 4.69) is 5.32 Å². The molecule has 1 amide bonds. The topological polar surface area (TPSA) is 58.6 Å². The fourth-order valence-electron chi connectivity index (χ4n) is 1.60. The Morgan fingerprint density at radius 1 is 1.47 bits per heavy atom. The Morgan fingerprint density at radius 3 is 2.71 bits per heavy atom. The van der Waals surface area contributed by atoms with Crippen LogP contribution in [0.1, 0.15) is 29.8 Å². The van der Waals surface area contributed by atoms with Gasteiger partial charge in [0, 0.05) is 7.11 Å². The number of aryl methyl sites for hydroxylation is 1. The van der Waals surface area contributed by atoms with Gasteiger partial charge in [-0.25, -0.2) is 0 Å². The lowest BCUT2D eigenvalue weighted by atomic mass is 10.0. The Bertz CT molecular complexity index is 413. The average Bonchev–Trinajstić information content (AvgIpc) is 2.20. The van der Waals surface area contributed by atoms with E-state index in [9.17, 15) is 9.90 Å². The zero-order valence-corrected chi connectivity index (χ0v) is 10.7. The van der Waals surface area contributed by atoms with Crippen LogP contribution in [0.3, 0.4) is 0 Å². The van der Waals surface area contributed by atoms with Gasteiger partial charge in [0.2, 0.25) is 0 Å². The standard InChI is InChI=1S/C13H19NO3/c1-9-5-6-11(15)10(7-9)12(16)14-13(2,3)8-17-4/h5-7,15H,8H2,1-4H3,(H,14,16). The lowest BCUT2D eigenvalue weighted by Crippen LogP contribution is -2.46. The highest BCUT2D eigenvalue weighted by Gasteiger charge is 2.22. The SMILES string of the molecule is COCC(C)(C)NC(=O)c1cc(C)ccc1O. The van der Waals surface area contributed by atoms with Gasteiger partial charge >= 0.3 is 0 Å². The minimum absolute atomic E-state index is 0.0127. The molecule has 0 atom stereocenters. The van der Waals surface area contributed by atoms with Gasteiger partial charge in [-0.2, -0.15) is 0 Å². The second-order valence-electron chi connectivity index (χ2n) is 4.79. The fraction of sp³-hybridized carbons (Fsp3) is 0.462. The summed E-state index contributed by atoms with van der Waals surface area (Å²) >= 11 is 0. The molecule has 1 aromatic rings. The van der Waals surface area contributed by atoms with E-state index in [4.69, 9.17) is 4.74 Å². The Kier molecular flexibility index (Phi) is 4.12. The molecule has 0 spiro atoms. The Balaban J connectivity index is 2.86. The van der Waals surface area contributed by atoms with Crippen molar-refractivity contribution in [2.24, 2.45) is 0 Å². The van der Waals surface area contributed by atoms with Crippen molar-refractivity contribution in [3.63, 3.8) is 0 Å². The molecule has 0 fully saturated rings. The molecule has 0 saturated heterocycles. The molecule has 17 heavy (non-hydrogen) atoms. The molecule has 1 aromatic carbocycles. The lowest BCUT2D eigenvalue weighted by Gasteiger charge is -2.25. The van der Waals surface area contributed by atoms with Gasteiger partial charge in [-0.15, -0.1) is 0 Å². The van der Waals surface area contributed by atoms with E-state index in [-0.39, 0.29) is 17.2 Å². The molecule has 4 heteroatoms. The van der Waals surface area contributed by atoms with Gasteiger partial charge < -0.3 is 15.2 Å². The van der Waals surface area contributed by atoms with Crippen LogP contribution in [-0.4, -0.2) is 30.3 Å². The van der Waals surface area contributed by atoms with Gasteiger partial charge in [0.1, 0.15) is 5.75 Å². The number of rotatable bonds is 4. The monoisotopic (exact) mass is 237 g/mol. The quantitative estimate of drug-likeness (QED) is 0.840. The summed E-state index contributed by atoms with van der Waals surface area (Å²) < 4.78 is 5.02. The molecule has 0 aliphatic rings. The maximum atomic E-state index is 12.0. The molecule has 0 radical (unpaired) electrons. The number of nitrogens with one attached hydrogen (secondary N) is 1. The number of phenols is 1. The summed E-state index contributed by atoms with van der Waals surface area (Å²) in [6.07, 6.45) is 0. The molecule has 0 unspecified atom stereocenters. The van der Waals surface area contributed by atoms with Crippen LogP contribution >= 0.6 is 0 Å². The Labute approximate surface area is 102 Å². The van der Waals surface area contributed by atoms with Crippen molar-refractivity contribution in [2.45, 2.75) is 26.3 Å². The van der Waals surface area contributed by atoms with E-state index in [0.717, 1.165) is 5.56 Å². The third-order valence-corrected chi connectivity index (χ3v) is 2.35. The molecular weight excluding hydrogens is 218 g/mol. The number of phenolic OH excluding ortho intramolecular Hbond substituents is 1. The first kappa shape index (κ1) is 13.5. The van der Waals surface area contributed by atoms with Crippen molar-refractivity contribution < 1.29 is 14.6 Å². The zero-order valence-electron chi connectivity index (χ0n) is 10.7. The first-order valence-electron chi connectivity index (χ1n) is 5.47. The highest BCUT2D eigenvalue weighted by atomic mass is 16.5. The predicted octanol–water partition coefficient (Wildman–Crippen LogP) is 1.86. The lowest BCUT2D eigenvalue weighted by molar-refractivity contribution is 0.0817. The molecule has 0 aliphatic heterocycles. The van der Waals surface area contributed by atoms with Crippen LogP contribution in [0.4, 0.5) is 0 Å². The van der Waals surface area contributed by atoms with Gasteiger partial charge in [0.25, 0.3) is 5.91 Å². The van der Waals surface area contributed by atoms with Gasteiger partial charge in [0.15, 0.2) is 0 Å². The highest BCUT2D eigenvalue weighted by Crippen LogP contribution is 2.19. The van der Waals surface area contributed by atoms with Crippen LogP contribution in [0.25, 0.3) is 0 Å². The first-order valence-corrected chi connectivity index (χ1v) is 5.47. The second-order valence-corrected chi connectivity index (χ2v) is 4.79. The first-order chi connectivity index (χ1) is 7.85. The van der Waals surface area contributed by atoms with Gasteiger partial charge in [-0.1, -0.05) is 11.6 Å². The van der Waals surface area contributed by atoms with Crippen molar-refractivity contribution >= 4 is 5.91 Å². The van der Waals surface area contributed by atoms with Gasteiger partial charge in [0.05, 0.1) is 17.7 Å². The van der Waals surface area contributed by atoms with E-state index in [1.54, 1.807) is 19.2 Å². The largest absolute Gasteiger partial charge is 0.507 e. The van der Waals surface area contributed by atoms with E-state index in [1.807, 2.05) is 20.8 Å². The predicted molar refractivity (Wildman–Crippen MR) is 66.3 cm³/mol. The highest BCUT2D eigenvalue weighted by molar-refractivity contribution is 5.97. The maximum Gasteiger partial charge on any atom is 0.255 e. The van der Waals surface area contributed by atoms with Crippen molar-refractivity contribution in [1.82, 2.24) is 5.32 Å². The summed E-state index contributed by atoms with van der Waals surface area (Å²) in [5, 5.41) is 12.5. The summed E-state index contributed by atoms with van der Waals surface area (Å²) in [4.78, 5) is 12.0. The number of methoxy groups -OCH3 is 1. The molecule has 0 saturated carbocycles. The molecule has 0 bridgehead atoms. The van der Waals surface area contributed by atoms with Crippen molar-refractivity contribution in [2.75, 3.05) is 13.7 Å². The number of hydrogen-bond donors (Lipinski definition) is 2. The Hall–Kier alpha value is -1.55. The molecule has 2 N–H and O–H groups in total. The fourth-order valence-corrected chi connectivity index (χ4v) is 1.60. The summed E-state index contributed by atoms with van der Waals surface area (Å²) in [5.41, 5.74) is 0.744. The van der Waals surface area contributed by atoms with E-state index >= 15 is 0 Å². The molecule has 4 nitrogen and oxygen atoms in total. The van der Waals surface area contributed by atoms with Crippen molar-refractivity contribution in [3.8, 4) is 5.75 Å². The van der Waals surface area contributed by atoms with Crippen LogP contribution in [0.2, 0.25) is 0 Å². The minimum Gasteiger partial charge on any atom is -0.507 e. The van der Waals surface area contributed by atoms with Crippen LogP contribution in [0.15, 0.2) is 18.2 Å². The molecule has 94 valence electrons. The molecule has 0 heterocycles. The van der Waals surface area contributed by atoms with Crippen LogP contribution < -0.4 is 5.32 Å². The number of ether oxygens (including phenoxy) is 1. The average molecular weight is 237 g/mol. The van der Waals surface area contributed by atoms with Crippen molar-refractivity contribution in [3.05, 3.63) is 29.3 Å². The third kappa shape index (κ3) is 3.75. The summed E-state index contributed by atoms with van der Waals surface area (Å²) in [6, 6.07) is 4.94. The number of carbonyl (C=O) groups excluding carboxylic acids is 1. The molecule has 0 aliphatic carbocycles. The van der Waals surface area contributed by atoms with Crippen molar-refractivity contribution in [1.29, 1.82) is 0 Å². The molecule has 0 aromatic heterocycles. The Morgan fingerprint density at radius 2 is 2.12 bits per heavy atom. The summed E-state index contributed by atoms with van der Waals surface area (Å²) in [5.74, 6) is -0.311. The number of carbonyl (C=O) groups is 1. The van der Waals surface area contributed by atoms with E-state index in [0.29, 0.717) is 6.61 Å². The normalized spacial score (nSPS) is 11.3. The second kappa shape index (κ2) is 5.19. The summed E-state index contributed by atoms with van der Waals surface area (Å²) in [6.45, 7) is 6.00. The van der Waals surface area contributed by atoms with Gasteiger partial charge in [-0.3, -0.25) is 4.79 Å². The molecule has 1 rings (SSSR count). The minimum atomic E-state index is -0.470. The number of hydrogen-bond acceptors (Lipinski definition) is 3. The maximum absolute atomic E-state index is 12.0. The smallest absolute Gasteiger partial charge is 0.255 e. The number of aromatic hydroxyl groups is 1. The van der Waals surface area contributed by atoms with Crippen LogP contribution in [0.5, 0.6) is 5.75 Å². The third-order valence-electron chi connectivity index (χ3n) is 2.35. The van der Waals surface area contributed by atoms with Crippen LogP contribution in [-0.2, 0) is 4.74 Å². The molecular formula is C13H19NO3. The van der Waals surface area contributed by atoms with E-state index in [1.165, 1.54) is 6.07 Å².